The molecule has 2 heterocycles. The number of fused-ring (bicyclic) bond motifs is 1. The van der Waals surface area contributed by atoms with Crippen molar-refractivity contribution in [1.29, 1.82) is 0 Å². The van der Waals surface area contributed by atoms with Crippen molar-refractivity contribution in [2.45, 2.75) is 38.1 Å². The number of hydrogen-bond donors (Lipinski definition) is 0. The molecule has 1 saturated carbocycles. The van der Waals surface area contributed by atoms with Crippen molar-refractivity contribution in [2.75, 3.05) is 13.2 Å². The number of hydrogen-bond acceptors (Lipinski definition) is 4. The van der Waals surface area contributed by atoms with Crippen LogP contribution < -0.4 is 14.3 Å². The van der Waals surface area contributed by atoms with Crippen LogP contribution in [0.4, 0.5) is 5.69 Å². The third-order valence-electron chi connectivity index (χ3n) is 5.59. The van der Waals surface area contributed by atoms with E-state index in [4.69, 9.17) is 26.1 Å². The highest BCUT2D eigenvalue weighted by Gasteiger charge is 2.22. The van der Waals surface area contributed by atoms with Crippen molar-refractivity contribution < 1.29 is 9.47 Å². The zero-order chi connectivity index (χ0) is 19.6. The summed E-state index contributed by atoms with van der Waals surface area (Å²) in [4.78, 5) is 5.94. The first kappa shape index (κ1) is 18.8. The molecule has 0 amide bonds. The zero-order valence-electron chi connectivity index (χ0n) is 16.1. The summed E-state index contributed by atoms with van der Waals surface area (Å²) in [5.41, 5.74) is 3.13. The third-order valence-corrected chi connectivity index (χ3v) is 6.75. The predicted octanol–water partition coefficient (Wildman–Crippen LogP) is 6.38. The maximum Gasteiger partial charge on any atom is 0.190 e. The van der Waals surface area contributed by atoms with E-state index in [1.165, 1.54) is 37.8 Å². The van der Waals surface area contributed by atoms with Crippen LogP contribution in [-0.2, 0) is 0 Å². The first-order valence-electron chi connectivity index (χ1n) is 10.2. The molecule has 6 heteroatoms. The van der Waals surface area contributed by atoms with Crippen LogP contribution in [0.15, 0.2) is 52.8 Å². The second-order valence-corrected chi connectivity index (χ2v) is 8.73. The summed E-state index contributed by atoms with van der Waals surface area (Å²) >= 11 is 8.06. The van der Waals surface area contributed by atoms with Crippen molar-refractivity contribution in [2.24, 2.45) is 4.99 Å². The Morgan fingerprint density at radius 1 is 0.966 bits per heavy atom. The smallest absolute Gasteiger partial charge is 0.190 e. The van der Waals surface area contributed by atoms with Crippen molar-refractivity contribution in [3.05, 3.63) is 57.7 Å². The first-order valence-corrected chi connectivity index (χ1v) is 11.4. The molecule has 2 aliphatic rings. The number of benzene rings is 2. The molecule has 0 bridgehead atoms. The van der Waals surface area contributed by atoms with Gasteiger partial charge in [-0.05, 0) is 43.2 Å². The second-order valence-electron chi connectivity index (χ2n) is 7.49. The fraction of sp³-hybridized carbons (Fsp3) is 0.348. The lowest BCUT2D eigenvalue weighted by atomic mass is 9.95. The topological polar surface area (TPSA) is 35.8 Å². The molecule has 5 rings (SSSR count). The van der Waals surface area contributed by atoms with Crippen LogP contribution in [0.3, 0.4) is 0 Å². The number of halogens is 1. The highest BCUT2D eigenvalue weighted by atomic mass is 35.5. The summed E-state index contributed by atoms with van der Waals surface area (Å²) in [6, 6.07) is 14.5. The molecule has 1 aromatic heterocycles. The standard InChI is InChI=1S/C23H23ClN2O2S/c24-18-8-4-5-9-19(18)25-23-26(17-6-2-1-3-7-17)20(15-29-23)16-10-11-21-22(14-16)28-13-12-27-21/h4-5,8-11,14-15,17H,1-3,6-7,12-13H2. The molecule has 4 nitrogen and oxygen atoms in total. The molecule has 0 unspecified atom stereocenters. The molecule has 29 heavy (non-hydrogen) atoms. The van der Waals surface area contributed by atoms with Gasteiger partial charge in [0.05, 0.1) is 16.4 Å². The molecule has 0 saturated heterocycles. The lowest BCUT2D eigenvalue weighted by Gasteiger charge is -2.26. The lowest BCUT2D eigenvalue weighted by molar-refractivity contribution is 0.171. The summed E-state index contributed by atoms with van der Waals surface area (Å²) in [7, 11) is 0. The fourth-order valence-electron chi connectivity index (χ4n) is 4.15. The van der Waals surface area contributed by atoms with E-state index < -0.39 is 0 Å². The van der Waals surface area contributed by atoms with Gasteiger partial charge in [0.25, 0.3) is 0 Å². The normalized spacial score (nSPS) is 17.5. The summed E-state index contributed by atoms with van der Waals surface area (Å²) in [6.45, 7) is 1.20. The molecule has 2 aromatic carbocycles. The van der Waals surface area contributed by atoms with Gasteiger partial charge in [-0.2, -0.15) is 0 Å². The van der Waals surface area contributed by atoms with Crippen molar-refractivity contribution in [1.82, 2.24) is 4.57 Å². The van der Waals surface area contributed by atoms with Gasteiger partial charge < -0.3 is 14.0 Å². The second kappa shape index (κ2) is 8.25. The Morgan fingerprint density at radius 3 is 2.59 bits per heavy atom. The quantitative estimate of drug-likeness (QED) is 0.487. The van der Waals surface area contributed by atoms with Crippen LogP contribution in [0.2, 0.25) is 5.02 Å². The van der Waals surface area contributed by atoms with Gasteiger partial charge in [-0.15, -0.1) is 11.3 Å². The van der Waals surface area contributed by atoms with Gasteiger partial charge in [-0.3, -0.25) is 0 Å². The molecule has 150 valence electrons. The molecule has 1 aliphatic carbocycles. The molecule has 0 radical (unpaired) electrons. The van der Waals surface area contributed by atoms with E-state index in [-0.39, 0.29) is 0 Å². The minimum Gasteiger partial charge on any atom is -0.486 e. The molecular formula is C23H23ClN2O2S. The Balaban J connectivity index is 1.64. The highest BCUT2D eigenvalue weighted by molar-refractivity contribution is 7.07. The Hall–Kier alpha value is -2.24. The summed E-state index contributed by atoms with van der Waals surface area (Å²) in [5, 5.41) is 2.88. The molecule has 0 atom stereocenters. The van der Waals surface area contributed by atoms with Crippen LogP contribution in [0.25, 0.3) is 11.3 Å². The number of aromatic nitrogens is 1. The van der Waals surface area contributed by atoms with Crippen LogP contribution in [0.5, 0.6) is 11.5 Å². The van der Waals surface area contributed by atoms with Gasteiger partial charge in [0.15, 0.2) is 16.3 Å². The number of thiazole rings is 1. The number of ether oxygens (including phenoxy) is 2. The summed E-state index contributed by atoms with van der Waals surface area (Å²) in [5.74, 6) is 1.64. The average Bonchev–Trinajstić information content (AvgIpc) is 3.19. The molecule has 0 N–H and O–H groups in total. The van der Waals surface area contributed by atoms with Crippen LogP contribution in [0, 0.1) is 0 Å². The Bertz CT molecular complexity index is 1080. The van der Waals surface area contributed by atoms with Gasteiger partial charge in [0.2, 0.25) is 0 Å². The SMILES string of the molecule is Clc1ccccc1N=c1scc(-c2ccc3c(c2)OCCO3)n1C1CCCCC1. The van der Waals surface area contributed by atoms with Crippen LogP contribution in [-0.4, -0.2) is 17.8 Å². The first-order chi connectivity index (χ1) is 14.3. The monoisotopic (exact) mass is 426 g/mol. The van der Waals surface area contributed by atoms with Gasteiger partial charge in [-0.25, -0.2) is 4.99 Å². The Morgan fingerprint density at radius 2 is 1.76 bits per heavy atom. The maximum atomic E-state index is 6.39. The van der Waals surface area contributed by atoms with E-state index in [1.54, 1.807) is 11.3 Å². The Labute approximate surface area is 179 Å². The van der Waals surface area contributed by atoms with E-state index in [1.807, 2.05) is 30.3 Å². The molecule has 0 spiro atoms. The minimum absolute atomic E-state index is 0.458. The highest BCUT2D eigenvalue weighted by Crippen LogP contribution is 2.37. The van der Waals surface area contributed by atoms with Crippen LogP contribution in [0.1, 0.15) is 38.1 Å². The van der Waals surface area contributed by atoms with E-state index in [0.717, 1.165) is 27.6 Å². The lowest BCUT2D eigenvalue weighted by Crippen LogP contribution is -2.23. The Kier molecular flexibility index (Phi) is 5.34. The maximum absolute atomic E-state index is 6.39. The molecular weight excluding hydrogens is 404 g/mol. The van der Waals surface area contributed by atoms with E-state index in [0.29, 0.717) is 24.3 Å². The van der Waals surface area contributed by atoms with Crippen molar-refractivity contribution in [3.63, 3.8) is 0 Å². The van der Waals surface area contributed by atoms with E-state index >= 15 is 0 Å². The molecule has 1 fully saturated rings. The summed E-state index contributed by atoms with van der Waals surface area (Å²) in [6.07, 6.45) is 6.21. The minimum atomic E-state index is 0.458. The van der Waals surface area contributed by atoms with Gasteiger partial charge in [0, 0.05) is 17.0 Å². The predicted molar refractivity (Wildman–Crippen MR) is 118 cm³/mol. The zero-order valence-corrected chi connectivity index (χ0v) is 17.7. The average molecular weight is 427 g/mol. The van der Waals surface area contributed by atoms with Gasteiger partial charge in [0.1, 0.15) is 13.2 Å². The third kappa shape index (κ3) is 3.81. The fourth-order valence-corrected chi connectivity index (χ4v) is 5.31. The van der Waals surface area contributed by atoms with Crippen molar-refractivity contribution >= 4 is 28.6 Å². The van der Waals surface area contributed by atoms with Gasteiger partial charge in [-0.1, -0.05) is 43.0 Å². The van der Waals surface area contributed by atoms with E-state index in [2.05, 4.69) is 22.1 Å². The molecule has 1 aliphatic heterocycles. The van der Waals surface area contributed by atoms with Crippen molar-refractivity contribution in [3.8, 4) is 22.8 Å². The number of para-hydroxylation sites is 1. The summed E-state index contributed by atoms with van der Waals surface area (Å²) < 4.78 is 13.9. The largest absolute Gasteiger partial charge is 0.486 e. The van der Waals surface area contributed by atoms with Gasteiger partial charge >= 0.3 is 0 Å². The molecule has 3 aromatic rings. The van der Waals surface area contributed by atoms with E-state index in [9.17, 15) is 0 Å². The number of nitrogens with zero attached hydrogens (tertiary/aromatic N) is 2. The van der Waals surface area contributed by atoms with Crippen LogP contribution >= 0.6 is 22.9 Å². The number of rotatable bonds is 3.